The standard InChI is InChI=1S/C17H27F3N2O3/c18-17(19,20)13-2-9-22(12-15(13)6-10-25-11-7-15)14(23)21-8-5-16(24)3-1-4-16/h13,24H,1-12H2,(H,21,23). The summed E-state index contributed by atoms with van der Waals surface area (Å²) < 4.78 is 45.7. The van der Waals surface area contributed by atoms with Crippen LogP contribution >= 0.6 is 0 Å². The van der Waals surface area contributed by atoms with Gasteiger partial charge in [-0.05, 0) is 44.9 Å². The topological polar surface area (TPSA) is 61.8 Å². The number of rotatable bonds is 3. The van der Waals surface area contributed by atoms with E-state index in [1.165, 1.54) is 4.90 Å². The zero-order chi connectivity index (χ0) is 18.1. The van der Waals surface area contributed by atoms with Gasteiger partial charge in [0, 0.05) is 38.3 Å². The van der Waals surface area contributed by atoms with Gasteiger partial charge in [-0.3, -0.25) is 0 Å². The molecule has 2 N–H and O–H groups in total. The molecule has 1 spiro atoms. The summed E-state index contributed by atoms with van der Waals surface area (Å²) in [4.78, 5) is 13.9. The Hall–Kier alpha value is -1.02. The Balaban J connectivity index is 1.59. The Labute approximate surface area is 145 Å². The van der Waals surface area contributed by atoms with Crippen LogP contribution in [-0.4, -0.2) is 60.7 Å². The molecule has 1 saturated carbocycles. The van der Waals surface area contributed by atoms with Gasteiger partial charge in [0.2, 0.25) is 0 Å². The van der Waals surface area contributed by atoms with E-state index in [9.17, 15) is 23.1 Å². The monoisotopic (exact) mass is 364 g/mol. The van der Waals surface area contributed by atoms with E-state index in [0.717, 1.165) is 19.3 Å². The number of nitrogens with zero attached hydrogens (tertiary/aromatic N) is 1. The van der Waals surface area contributed by atoms with Crippen molar-refractivity contribution in [3.8, 4) is 0 Å². The van der Waals surface area contributed by atoms with E-state index in [2.05, 4.69) is 5.32 Å². The molecule has 8 heteroatoms. The van der Waals surface area contributed by atoms with E-state index in [-0.39, 0.29) is 25.5 Å². The number of piperidine rings is 1. The van der Waals surface area contributed by atoms with E-state index in [1.807, 2.05) is 0 Å². The zero-order valence-electron chi connectivity index (χ0n) is 14.4. The van der Waals surface area contributed by atoms with Crippen LogP contribution in [0.25, 0.3) is 0 Å². The zero-order valence-corrected chi connectivity index (χ0v) is 14.4. The molecule has 5 nitrogen and oxygen atoms in total. The molecule has 0 radical (unpaired) electrons. The maximum absolute atomic E-state index is 13.5. The molecule has 144 valence electrons. The maximum Gasteiger partial charge on any atom is 0.392 e. The van der Waals surface area contributed by atoms with Crippen LogP contribution in [0, 0.1) is 11.3 Å². The summed E-state index contributed by atoms with van der Waals surface area (Å²) in [6.07, 6.45) is -0.627. The Kier molecular flexibility index (Phi) is 5.21. The minimum absolute atomic E-state index is 0.0547. The summed E-state index contributed by atoms with van der Waals surface area (Å²) in [6.45, 7) is 1.22. The molecule has 3 fully saturated rings. The third-order valence-corrected chi connectivity index (χ3v) is 6.25. The summed E-state index contributed by atoms with van der Waals surface area (Å²) in [6, 6.07) is -0.325. The predicted octanol–water partition coefficient (Wildman–Crippen LogP) is 2.68. The molecule has 1 atom stereocenters. The average Bonchev–Trinajstić information content (AvgIpc) is 2.52. The van der Waals surface area contributed by atoms with E-state index in [1.54, 1.807) is 0 Å². The Bertz CT molecular complexity index is 488. The molecule has 0 aromatic heterocycles. The first-order valence-corrected chi connectivity index (χ1v) is 9.14. The lowest BCUT2D eigenvalue weighted by molar-refractivity contribution is -0.232. The lowest BCUT2D eigenvalue weighted by Crippen LogP contribution is -2.58. The summed E-state index contributed by atoms with van der Waals surface area (Å²) >= 11 is 0. The number of alkyl halides is 3. The second-order valence-corrected chi connectivity index (χ2v) is 7.84. The number of carbonyl (C=O) groups excluding carboxylic acids is 1. The number of hydrogen-bond donors (Lipinski definition) is 2. The van der Waals surface area contributed by atoms with Crippen LogP contribution in [0.1, 0.15) is 44.9 Å². The SMILES string of the molecule is O=C(NCCC1(O)CCC1)N1CCC(C(F)(F)F)C2(CCOCC2)C1. The number of aliphatic hydroxyl groups is 1. The van der Waals surface area contributed by atoms with E-state index in [4.69, 9.17) is 4.74 Å². The first-order chi connectivity index (χ1) is 11.7. The first-order valence-electron chi connectivity index (χ1n) is 9.14. The summed E-state index contributed by atoms with van der Waals surface area (Å²) in [5.74, 6) is -1.37. The number of ether oxygens (including phenoxy) is 1. The van der Waals surface area contributed by atoms with Gasteiger partial charge < -0.3 is 20.1 Å². The molecular formula is C17H27F3N2O3. The maximum atomic E-state index is 13.5. The average molecular weight is 364 g/mol. The van der Waals surface area contributed by atoms with Crippen molar-refractivity contribution < 1.29 is 27.8 Å². The van der Waals surface area contributed by atoms with Gasteiger partial charge in [-0.25, -0.2) is 4.79 Å². The Morgan fingerprint density at radius 2 is 1.92 bits per heavy atom. The van der Waals surface area contributed by atoms with Crippen molar-refractivity contribution in [1.82, 2.24) is 10.2 Å². The minimum atomic E-state index is -4.24. The number of urea groups is 1. The highest BCUT2D eigenvalue weighted by molar-refractivity contribution is 5.74. The van der Waals surface area contributed by atoms with Gasteiger partial charge in [-0.15, -0.1) is 0 Å². The van der Waals surface area contributed by atoms with Crippen LogP contribution in [0.4, 0.5) is 18.0 Å². The minimum Gasteiger partial charge on any atom is -0.390 e. The lowest BCUT2D eigenvalue weighted by Gasteiger charge is -2.50. The van der Waals surface area contributed by atoms with Crippen LogP contribution in [0.5, 0.6) is 0 Å². The molecule has 0 aromatic carbocycles. The molecule has 25 heavy (non-hydrogen) atoms. The number of hydrogen-bond acceptors (Lipinski definition) is 3. The highest BCUT2D eigenvalue weighted by Crippen LogP contribution is 2.50. The molecule has 1 aliphatic carbocycles. The van der Waals surface area contributed by atoms with Gasteiger partial charge in [0.1, 0.15) is 0 Å². The highest BCUT2D eigenvalue weighted by atomic mass is 19.4. The number of nitrogens with one attached hydrogen (secondary N) is 1. The van der Waals surface area contributed by atoms with Crippen molar-refractivity contribution in [2.75, 3.05) is 32.8 Å². The van der Waals surface area contributed by atoms with Crippen LogP contribution < -0.4 is 5.32 Å². The molecular weight excluding hydrogens is 337 g/mol. The van der Waals surface area contributed by atoms with Gasteiger partial charge in [-0.2, -0.15) is 13.2 Å². The normalized spacial score (nSPS) is 28.5. The first kappa shape index (κ1) is 18.8. The molecule has 2 heterocycles. The second kappa shape index (κ2) is 6.95. The second-order valence-electron chi connectivity index (χ2n) is 7.84. The van der Waals surface area contributed by atoms with Crippen molar-refractivity contribution in [2.24, 2.45) is 11.3 Å². The third-order valence-electron chi connectivity index (χ3n) is 6.25. The van der Waals surface area contributed by atoms with Gasteiger partial charge in [0.05, 0.1) is 11.5 Å². The summed E-state index contributed by atoms with van der Waals surface area (Å²) in [5.41, 5.74) is -1.60. The van der Waals surface area contributed by atoms with Crippen molar-refractivity contribution in [2.45, 2.75) is 56.7 Å². The van der Waals surface area contributed by atoms with Crippen LogP contribution in [0.2, 0.25) is 0 Å². The highest BCUT2D eigenvalue weighted by Gasteiger charge is 2.56. The molecule has 3 rings (SSSR count). The molecule has 0 aromatic rings. The fraction of sp³-hybridized carbons (Fsp3) is 0.941. The number of amides is 2. The van der Waals surface area contributed by atoms with Crippen LogP contribution in [0.15, 0.2) is 0 Å². The number of likely N-dealkylation sites (tertiary alicyclic amines) is 1. The Morgan fingerprint density at radius 1 is 1.24 bits per heavy atom. The van der Waals surface area contributed by atoms with Crippen LogP contribution in [-0.2, 0) is 4.74 Å². The summed E-state index contributed by atoms with van der Waals surface area (Å²) in [7, 11) is 0. The largest absolute Gasteiger partial charge is 0.392 e. The van der Waals surface area contributed by atoms with Crippen LogP contribution in [0.3, 0.4) is 0 Å². The molecule has 2 aliphatic heterocycles. The van der Waals surface area contributed by atoms with Gasteiger partial charge in [0.25, 0.3) is 0 Å². The van der Waals surface area contributed by atoms with Crippen molar-refractivity contribution in [1.29, 1.82) is 0 Å². The van der Waals surface area contributed by atoms with Gasteiger partial charge in [0.15, 0.2) is 0 Å². The van der Waals surface area contributed by atoms with E-state index < -0.39 is 23.1 Å². The van der Waals surface area contributed by atoms with Crippen molar-refractivity contribution >= 4 is 6.03 Å². The fourth-order valence-corrected chi connectivity index (χ4v) is 4.48. The molecule has 1 unspecified atom stereocenters. The van der Waals surface area contributed by atoms with E-state index in [0.29, 0.717) is 39.0 Å². The quantitative estimate of drug-likeness (QED) is 0.809. The van der Waals surface area contributed by atoms with Gasteiger partial charge >= 0.3 is 12.2 Å². The molecule has 2 saturated heterocycles. The smallest absolute Gasteiger partial charge is 0.390 e. The van der Waals surface area contributed by atoms with Crippen molar-refractivity contribution in [3.05, 3.63) is 0 Å². The van der Waals surface area contributed by atoms with Gasteiger partial charge in [-0.1, -0.05) is 0 Å². The number of carbonyl (C=O) groups is 1. The third kappa shape index (κ3) is 4.05. The van der Waals surface area contributed by atoms with Crippen molar-refractivity contribution in [3.63, 3.8) is 0 Å². The molecule has 0 bridgehead atoms. The Morgan fingerprint density at radius 3 is 2.48 bits per heavy atom. The number of halogens is 3. The molecule has 2 amide bonds. The summed E-state index contributed by atoms with van der Waals surface area (Å²) in [5, 5.41) is 12.8. The fourth-order valence-electron chi connectivity index (χ4n) is 4.48. The molecule has 3 aliphatic rings. The van der Waals surface area contributed by atoms with E-state index >= 15 is 0 Å². The predicted molar refractivity (Wildman–Crippen MR) is 85.0 cm³/mol. The lowest BCUT2D eigenvalue weighted by atomic mass is 9.66.